The molecule has 0 N–H and O–H groups in total. The molecule has 0 saturated carbocycles. The molecular formula is C13H13F3N4. The Morgan fingerprint density at radius 1 is 1.15 bits per heavy atom. The summed E-state index contributed by atoms with van der Waals surface area (Å²) in [5.41, 5.74) is 2.79. The van der Waals surface area contributed by atoms with E-state index in [9.17, 15) is 13.2 Å². The molecule has 0 radical (unpaired) electrons. The Labute approximate surface area is 113 Å². The largest absolute Gasteiger partial charge is 0.389 e. The smallest absolute Gasteiger partial charge is 0.246 e. The molecular weight excluding hydrogens is 269 g/mol. The average Bonchev–Trinajstić information content (AvgIpc) is 2.36. The monoisotopic (exact) mass is 282 g/mol. The van der Waals surface area contributed by atoms with Crippen molar-refractivity contribution in [2.24, 2.45) is 0 Å². The quantitative estimate of drug-likeness (QED) is 0.865. The van der Waals surface area contributed by atoms with Gasteiger partial charge in [0.15, 0.2) is 5.65 Å². The molecule has 2 rings (SSSR count). The average molecular weight is 282 g/mol. The molecule has 0 amide bonds. The van der Waals surface area contributed by atoms with Crippen LogP contribution in [-0.4, -0.2) is 26.1 Å². The molecule has 0 atom stereocenters. The second kappa shape index (κ2) is 5.15. The lowest BCUT2D eigenvalue weighted by Gasteiger charge is -2.10. The van der Waals surface area contributed by atoms with Crippen molar-refractivity contribution in [2.45, 2.75) is 32.9 Å². The van der Waals surface area contributed by atoms with Crippen LogP contribution >= 0.6 is 0 Å². The van der Waals surface area contributed by atoms with Crippen LogP contribution in [0.4, 0.5) is 13.2 Å². The highest BCUT2D eigenvalue weighted by Crippen LogP contribution is 2.28. The van der Waals surface area contributed by atoms with Gasteiger partial charge in [0, 0.05) is 6.42 Å². The van der Waals surface area contributed by atoms with Gasteiger partial charge in [-0.05, 0) is 25.8 Å². The summed E-state index contributed by atoms with van der Waals surface area (Å²) in [4.78, 5) is 16.5. The van der Waals surface area contributed by atoms with E-state index in [1.165, 1.54) is 6.33 Å². The molecule has 4 nitrogen and oxygen atoms in total. The Kier molecular flexibility index (Phi) is 3.69. The number of halogens is 3. The van der Waals surface area contributed by atoms with E-state index in [4.69, 9.17) is 0 Å². The van der Waals surface area contributed by atoms with Gasteiger partial charge in [-0.15, -0.1) is 0 Å². The van der Waals surface area contributed by atoms with E-state index in [0.717, 1.165) is 5.69 Å². The molecule has 106 valence electrons. The molecule has 20 heavy (non-hydrogen) atoms. The normalized spacial score (nSPS) is 11.8. The Bertz CT molecular complexity index is 664. The second-order valence-corrected chi connectivity index (χ2v) is 4.51. The van der Waals surface area contributed by atoms with Crippen molar-refractivity contribution in [3.05, 3.63) is 30.0 Å². The zero-order valence-corrected chi connectivity index (χ0v) is 11.1. The first-order chi connectivity index (χ1) is 9.28. The number of rotatable bonds is 3. The highest BCUT2D eigenvalue weighted by molar-refractivity contribution is 5.83. The molecule has 0 aliphatic rings. The molecule has 0 bridgehead atoms. The van der Waals surface area contributed by atoms with E-state index in [2.05, 4.69) is 26.5 Å². The minimum Gasteiger partial charge on any atom is -0.246 e. The first-order valence-corrected chi connectivity index (χ1v) is 5.99. The lowest BCUT2D eigenvalue weighted by Crippen LogP contribution is -2.07. The van der Waals surface area contributed by atoms with Crippen LogP contribution < -0.4 is 0 Å². The molecule has 0 spiro atoms. The predicted octanol–water partition coefficient (Wildman–Crippen LogP) is 3.39. The molecule has 7 heteroatoms. The number of alkyl halides is 3. The summed E-state index contributed by atoms with van der Waals surface area (Å²) in [7, 11) is 0. The number of fused-ring (bicyclic) bond motifs is 1. The van der Waals surface area contributed by atoms with Crippen molar-refractivity contribution < 1.29 is 13.2 Å². The summed E-state index contributed by atoms with van der Waals surface area (Å²) in [6, 6.07) is 0. The van der Waals surface area contributed by atoms with Crippen molar-refractivity contribution >= 4 is 16.7 Å². The van der Waals surface area contributed by atoms with Crippen molar-refractivity contribution in [3.63, 3.8) is 0 Å². The molecule has 2 aromatic rings. The number of aryl methyl sites for hydroxylation is 2. The Morgan fingerprint density at radius 2 is 1.80 bits per heavy atom. The number of aromatic nitrogens is 4. The van der Waals surface area contributed by atoms with Gasteiger partial charge in [0.25, 0.3) is 0 Å². The van der Waals surface area contributed by atoms with Gasteiger partial charge in [-0.2, -0.15) is 13.2 Å². The van der Waals surface area contributed by atoms with Crippen LogP contribution in [0.25, 0.3) is 16.7 Å². The Balaban J connectivity index is 2.39. The van der Waals surface area contributed by atoms with Gasteiger partial charge in [0.1, 0.15) is 11.8 Å². The van der Waals surface area contributed by atoms with Crippen LogP contribution in [0, 0.1) is 13.8 Å². The molecule has 2 heterocycles. The van der Waals surface area contributed by atoms with E-state index in [-0.39, 0.29) is 12.0 Å². The van der Waals surface area contributed by atoms with E-state index in [1.54, 1.807) is 13.8 Å². The maximum atomic E-state index is 12.3. The number of allylic oxidation sites excluding steroid dienone is 1. The van der Waals surface area contributed by atoms with Crippen LogP contribution in [0.2, 0.25) is 0 Å². The van der Waals surface area contributed by atoms with E-state index < -0.39 is 12.6 Å². The van der Waals surface area contributed by atoms with Crippen LogP contribution in [0.1, 0.15) is 29.9 Å². The third-order valence-electron chi connectivity index (χ3n) is 2.92. The first kappa shape index (κ1) is 14.4. The maximum absolute atomic E-state index is 12.3. The molecule has 0 aliphatic heterocycles. The number of hydrogen-bond acceptors (Lipinski definition) is 4. The molecule has 2 aromatic heterocycles. The van der Waals surface area contributed by atoms with Crippen LogP contribution in [-0.2, 0) is 0 Å². The molecule has 0 unspecified atom stereocenters. The number of nitrogens with zero attached hydrogens (tertiary/aromatic N) is 4. The standard InChI is InChI=1S/C13H13F3N4/c1-7(4-5-13(14,15)16)10-11-12(18-6-17-10)20-9(3)8(2)19-11/h6H,1,4-5H2,2-3H3. The predicted molar refractivity (Wildman–Crippen MR) is 68.9 cm³/mol. The molecule has 0 saturated heterocycles. The fourth-order valence-corrected chi connectivity index (χ4v) is 1.71. The lowest BCUT2D eigenvalue weighted by molar-refractivity contribution is -0.133. The molecule has 0 aliphatic carbocycles. The summed E-state index contributed by atoms with van der Waals surface area (Å²) in [5.74, 6) is 0. The van der Waals surface area contributed by atoms with Crippen LogP contribution in [0.15, 0.2) is 12.9 Å². The molecule has 0 aromatic carbocycles. The zero-order valence-electron chi connectivity index (χ0n) is 11.1. The molecule has 0 fully saturated rings. The maximum Gasteiger partial charge on any atom is 0.389 e. The summed E-state index contributed by atoms with van der Waals surface area (Å²) in [6.45, 7) is 7.24. The summed E-state index contributed by atoms with van der Waals surface area (Å²) in [5, 5.41) is 0. The fraction of sp³-hybridized carbons (Fsp3) is 0.385. The van der Waals surface area contributed by atoms with Gasteiger partial charge in [0.2, 0.25) is 0 Å². The van der Waals surface area contributed by atoms with E-state index in [1.807, 2.05) is 0 Å². The van der Waals surface area contributed by atoms with E-state index >= 15 is 0 Å². The Morgan fingerprint density at radius 3 is 2.45 bits per heavy atom. The van der Waals surface area contributed by atoms with Crippen molar-refractivity contribution in [1.82, 2.24) is 19.9 Å². The van der Waals surface area contributed by atoms with Gasteiger partial charge in [-0.25, -0.2) is 19.9 Å². The van der Waals surface area contributed by atoms with Crippen molar-refractivity contribution in [1.29, 1.82) is 0 Å². The lowest BCUT2D eigenvalue weighted by atomic mass is 10.1. The van der Waals surface area contributed by atoms with Crippen molar-refractivity contribution in [3.8, 4) is 0 Å². The van der Waals surface area contributed by atoms with Gasteiger partial charge in [0.05, 0.1) is 17.1 Å². The first-order valence-electron chi connectivity index (χ1n) is 5.99. The minimum atomic E-state index is -4.22. The van der Waals surface area contributed by atoms with Crippen LogP contribution in [0.3, 0.4) is 0 Å². The number of hydrogen-bond donors (Lipinski definition) is 0. The highest BCUT2D eigenvalue weighted by atomic mass is 19.4. The van der Waals surface area contributed by atoms with Gasteiger partial charge in [-0.3, -0.25) is 0 Å². The summed E-state index contributed by atoms with van der Waals surface area (Å²) in [6.07, 6.45) is -4.11. The van der Waals surface area contributed by atoms with Gasteiger partial charge >= 0.3 is 6.18 Å². The third-order valence-corrected chi connectivity index (χ3v) is 2.92. The zero-order chi connectivity index (χ0) is 14.9. The van der Waals surface area contributed by atoms with Gasteiger partial charge in [-0.1, -0.05) is 6.58 Å². The minimum absolute atomic E-state index is 0.218. The Hall–Kier alpha value is -2.05. The summed E-state index contributed by atoms with van der Waals surface area (Å²) < 4.78 is 36.8. The highest BCUT2D eigenvalue weighted by Gasteiger charge is 2.27. The second-order valence-electron chi connectivity index (χ2n) is 4.51. The van der Waals surface area contributed by atoms with Crippen molar-refractivity contribution in [2.75, 3.05) is 0 Å². The van der Waals surface area contributed by atoms with E-state index in [0.29, 0.717) is 22.6 Å². The third kappa shape index (κ3) is 3.09. The topological polar surface area (TPSA) is 51.6 Å². The van der Waals surface area contributed by atoms with Gasteiger partial charge < -0.3 is 0 Å². The summed E-state index contributed by atoms with van der Waals surface area (Å²) >= 11 is 0. The van der Waals surface area contributed by atoms with Crippen LogP contribution in [0.5, 0.6) is 0 Å². The SMILES string of the molecule is C=C(CCC(F)(F)F)c1ncnc2nc(C)c(C)nc12. The fourth-order valence-electron chi connectivity index (χ4n) is 1.71.